The first-order chi connectivity index (χ1) is 17.4. The van der Waals surface area contributed by atoms with Crippen molar-refractivity contribution in [3.8, 4) is 11.5 Å². The lowest BCUT2D eigenvalue weighted by molar-refractivity contribution is 0.0970. The van der Waals surface area contributed by atoms with E-state index in [1.807, 2.05) is 0 Å². The molecule has 1 unspecified atom stereocenters. The van der Waals surface area contributed by atoms with E-state index in [4.69, 9.17) is 26.2 Å². The van der Waals surface area contributed by atoms with Crippen LogP contribution in [0.25, 0.3) is 10.9 Å². The van der Waals surface area contributed by atoms with Gasteiger partial charge in [0.25, 0.3) is 0 Å². The predicted molar refractivity (Wildman–Crippen MR) is 137 cm³/mol. The van der Waals surface area contributed by atoms with Crippen LogP contribution in [0.1, 0.15) is 33.1 Å². The summed E-state index contributed by atoms with van der Waals surface area (Å²) < 4.78 is 25.0. The third-order valence-corrected chi connectivity index (χ3v) is 6.19. The fraction of sp³-hybridized carbons (Fsp3) is 0.222. The summed E-state index contributed by atoms with van der Waals surface area (Å²) in [6.45, 7) is 1.24. The van der Waals surface area contributed by atoms with E-state index in [1.165, 1.54) is 13.2 Å². The molecule has 1 aromatic heterocycles. The minimum Gasteiger partial charge on any atom is -0.497 e. The molecule has 3 aromatic carbocycles. The summed E-state index contributed by atoms with van der Waals surface area (Å²) in [6.07, 6.45) is 1.56. The number of carbonyl (C=O) groups is 1. The van der Waals surface area contributed by atoms with Crippen molar-refractivity contribution in [2.45, 2.75) is 19.6 Å². The third-order valence-electron chi connectivity index (χ3n) is 5.95. The van der Waals surface area contributed by atoms with E-state index >= 15 is 0 Å². The summed E-state index contributed by atoms with van der Waals surface area (Å²) in [5.74, 6) is 0.250. The Hall–Kier alpha value is -3.59. The Morgan fingerprint density at radius 2 is 1.92 bits per heavy atom. The second kappa shape index (κ2) is 11.0. The van der Waals surface area contributed by atoms with Crippen molar-refractivity contribution in [2.24, 2.45) is 0 Å². The largest absolute Gasteiger partial charge is 0.497 e. The van der Waals surface area contributed by atoms with Gasteiger partial charge in [-0.2, -0.15) is 0 Å². The molecule has 0 aliphatic heterocycles. The number of benzene rings is 3. The lowest BCUT2D eigenvalue weighted by atomic mass is 9.93. The van der Waals surface area contributed by atoms with Crippen molar-refractivity contribution < 1.29 is 28.9 Å². The van der Waals surface area contributed by atoms with Gasteiger partial charge in [0.05, 0.1) is 25.8 Å². The fourth-order valence-corrected chi connectivity index (χ4v) is 4.34. The molecule has 0 saturated heterocycles. The van der Waals surface area contributed by atoms with Crippen molar-refractivity contribution in [3.05, 3.63) is 87.8 Å². The van der Waals surface area contributed by atoms with Gasteiger partial charge in [-0.25, -0.2) is 4.39 Å². The van der Waals surface area contributed by atoms with Crippen LogP contribution in [0.15, 0.2) is 54.7 Å². The summed E-state index contributed by atoms with van der Waals surface area (Å²) in [4.78, 5) is 17.0. The summed E-state index contributed by atoms with van der Waals surface area (Å²) in [7, 11) is 1.51. The van der Waals surface area contributed by atoms with Gasteiger partial charge in [-0.1, -0.05) is 17.7 Å². The third kappa shape index (κ3) is 5.16. The van der Waals surface area contributed by atoms with Crippen LogP contribution in [0, 0.1) is 12.7 Å². The smallest absolute Gasteiger partial charge is 0.191 e. The number of H-pyrrole nitrogens is 1. The Labute approximate surface area is 212 Å². The van der Waals surface area contributed by atoms with Crippen LogP contribution in [0.2, 0.25) is 5.02 Å². The number of fused-ring (bicyclic) bond motifs is 1. The number of methoxy groups -OCH3 is 1. The highest BCUT2D eigenvalue weighted by Gasteiger charge is 2.27. The molecular weight excluding hydrogens is 487 g/mol. The molecule has 4 aromatic rings. The van der Waals surface area contributed by atoms with Gasteiger partial charge in [-0.3, -0.25) is 4.79 Å². The van der Waals surface area contributed by atoms with Gasteiger partial charge in [-0.15, -0.1) is 0 Å². The van der Waals surface area contributed by atoms with Crippen LogP contribution in [-0.4, -0.2) is 41.3 Å². The summed E-state index contributed by atoms with van der Waals surface area (Å²) in [6, 6.07) is 12.0. The standard InChI is InChI=1S/C27H26ClFN2O5/c1-15-24(29)6-5-22-23(13-30-25(15)22)27(34)26(21-4-3-17(28)9-16(21)14-33)31-18-10-19(35-2)12-20(11-18)36-8-7-32/h3-6,9-13,26,30-33H,7-8,14H2,1-2H3. The van der Waals surface area contributed by atoms with Crippen molar-refractivity contribution in [3.63, 3.8) is 0 Å². The normalized spacial score (nSPS) is 11.9. The predicted octanol–water partition coefficient (Wildman–Crippen LogP) is 5.18. The lowest BCUT2D eigenvalue weighted by Crippen LogP contribution is -2.23. The Bertz CT molecular complexity index is 1400. The highest BCUT2D eigenvalue weighted by molar-refractivity contribution is 6.30. The number of Topliss-reactive ketones (excluding diaryl/α,β-unsaturated/α-hetero) is 1. The number of hydrogen-bond acceptors (Lipinski definition) is 6. The topological polar surface area (TPSA) is 104 Å². The van der Waals surface area contributed by atoms with E-state index in [0.29, 0.717) is 55.4 Å². The van der Waals surface area contributed by atoms with Crippen molar-refractivity contribution in [1.82, 2.24) is 4.98 Å². The number of aliphatic hydroxyl groups is 2. The summed E-state index contributed by atoms with van der Waals surface area (Å²) in [5.41, 5.74) is 2.84. The van der Waals surface area contributed by atoms with Crippen LogP contribution in [0.4, 0.5) is 10.1 Å². The maximum atomic E-state index is 14.1. The molecule has 0 fully saturated rings. The van der Waals surface area contributed by atoms with Crippen LogP contribution in [-0.2, 0) is 6.61 Å². The summed E-state index contributed by atoms with van der Waals surface area (Å²) in [5, 5.41) is 23.4. The zero-order valence-electron chi connectivity index (χ0n) is 19.8. The monoisotopic (exact) mass is 512 g/mol. The Balaban J connectivity index is 1.82. The molecule has 1 atom stereocenters. The van der Waals surface area contributed by atoms with E-state index < -0.39 is 6.04 Å². The maximum absolute atomic E-state index is 14.1. The van der Waals surface area contributed by atoms with Gasteiger partial charge in [0.15, 0.2) is 5.78 Å². The van der Waals surface area contributed by atoms with Gasteiger partial charge in [0.1, 0.15) is 30.0 Å². The number of anilines is 1. The number of aryl methyl sites for hydroxylation is 1. The zero-order valence-corrected chi connectivity index (χ0v) is 20.5. The molecule has 7 nitrogen and oxygen atoms in total. The molecule has 36 heavy (non-hydrogen) atoms. The molecule has 0 aliphatic rings. The highest BCUT2D eigenvalue weighted by atomic mass is 35.5. The first-order valence-electron chi connectivity index (χ1n) is 11.2. The number of aromatic amines is 1. The molecule has 1 heterocycles. The number of hydrogen-bond donors (Lipinski definition) is 4. The second-order valence-electron chi connectivity index (χ2n) is 8.21. The molecule has 0 radical (unpaired) electrons. The van der Waals surface area contributed by atoms with E-state index in [0.717, 1.165) is 0 Å². The van der Waals surface area contributed by atoms with Gasteiger partial charge in [0.2, 0.25) is 0 Å². The quantitative estimate of drug-likeness (QED) is 0.218. The first kappa shape index (κ1) is 25.5. The Morgan fingerprint density at radius 1 is 1.14 bits per heavy atom. The van der Waals surface area contributed by atoms with Gasteiger partial charge in [0, 0.05) is 51.6 Å². The van der Waals surface area contributed by atoms with Crippen LogP contribution in [0.3, 0.4) is 0 Å². The number of nitrogens with one attached hydrogen (secondary N) is 2. The fourth-order valence-electron chi connectivity index (χ4n) is 4.14. The van der Waals surface area contributed by atoms with Crippen LogP contribution in [0.5, 0.6) is 11.5 Å². The lowest BCUT2D eigenvalue weighted by Gasteiger charge is -2.22. The minimum atomic E-state index is -0.938. The van der Waals surface area contributed by atoms with Crippen molar-refractivity contribution in [1.29, 1.82) is 0 Å². The number of ether oxygens (including phenoxy) is 2. The van der Waals surface area contributed by atoms with Gasteiger partial charge in [-0.05, 0) is 42.3 Å². The molecule has 4 rings (SSSR count). The molecule has 0 spiro atoms. The molecule has 188 valence electrons. The van der Waals surface area contributed by atoms with E-state index in [1.54, 1.807) is 55.6 Å². The molecule has 0 bridgehead atoms. The van der Waals surface area contributed by atoms with Crippen LogP contribution >= 0.6 is 11.6 Å². The maximum Gasteiger partial charge on any atom is 0.191 e. The Kier molecular flexibility index (Phi) is 7.79. The van der Waals surface area contributed by atoms with Crippen molar-refractivity contribution >= 4 is 34.0 Å². The van der Waals surface area contributed by atoms with Gasteiger partial charge >= 0.3 is 0 Å². The zero-order chi connectivity index (χ0) is 25.8. The van der Waals surface area contributed by atoms with E-state index in [9.17, 15) is 14.3 Å². The average Bonchev–Trinajstić information content (AvgIpc) is 3.32. The molecule has 0 aliphatic carbocycles. The number of carbonyl (C=O) groups excluding carboxylic acids is 1. The molecular formula is C27H26ClFN2O5. The number of aliphatic hydroxyl groups excluding tert-OH is 2. The highest BCUT2D eigenvalue weighted by Crippen LogP contribution is 2.34. The number of ketones is 1. The number of aromatic nitrogens is 1. The van der Waals surface area contributed by atoms with E-state index in [-0.39, 0.29) is 31.4 Å². The second-order valence-corrected chi connectivity index (χ2v) is 8.65. The first-order valence-corrected chi connectivity index (χ1v) is 11.6. The molecule has 0 saturated carbocycles. The molecule has 9 heteroatoms. The minimum absolute atomic E-state index is 0.0893. The van der Waals surface area contributed by atoms with Crippen molar-refractivity contribution in [2.75, 3.05) is 25.6 Å². The average molecular weight is 513 g/mol. The summed E-state index contributed by atoms with van der Waals surface area (Å²) >= 11 is 6.15. The molecule has 4 N–H and O–H groups in total. The number of halogens is 2. The Morgan fingerprint density at radius 3 is 2.64 bits per heavy atom. The van der Waals surface area contributed by atoms with Gasteiger partial charge < -0.3 is 30.0 Å². The SMILES string of the molecule is COc1cc(NC(C(=O)c2c[nH]c3c(C)c(F)ccc23)c2ccc(Cl)cc2CO)cc(OCCO)c1. The molecule has 0 amide bonds. The van der Waals surface area contributed by atoms with E-state index in [2.05, 4.69) is 10.3 Å². The number of rotatable bonds is 10. The van der Waals surface area contributed by atoms with Crippen LogP contribution < -0.4 is 14.8 Å².